The van der Waals surface area contributed by atoms with Crippen molar-refractivity contribution in [3.63, 3.8) is 0 Å². The first-order chi connectivity index (χ1) is 13.7. The standard InChI is InChI=1S/C19H19N7O2/c1-3-26(14-7-5-9-21-11-14)19(27)15-12-22-17(25(15)2)16-23-18(28-24-16)13-6-4-8-20-10-13/h4-12,18H,3H2,1-2H3,(H,23,24). The van der Waals surface area contributed by atoms with E-state index in [1.165, 1.54) is 6.20 Å². The van der Waals surface area contributed by atoms with E-state index < -0.39 is 6.23 Å². The Morgan fingerprint density at radius 1 is 1.21 bits per heavy atom. The van der Waals surface area contributed by atoms with Gasteiger partial charge in [0.1, 0.15) is 5.69 Å². The van der Waals surface area contributed by atoms with E-state index in [9.17, 15) is 4.79 Å². The molecule has 0 aromatic carbocycles. The molecule has 1 atom stereocenters. The Morgan fingerprint density at radius 3 is 2.68 bits per heavy atom. The van der Waals surface area contributed by atoms with Crippen LogP contribution in [0.3, 0.4) is 0 Å². The fourth-order valence-electron chi connectivity index (χ4n) is 2.97. The third-order valence-corrected chi connectivity index (χ3v) is 4.42. The summed E-state index contributed by atoms with van der Waals surface area (Å²) in [5.74, 6) is 0.803. The third kappa shape index (κ3) is 3.23. The van der Waals surface area contributed by atoms with Crippen molar-refractivity contribution < 1.29 is 9.63 Å². The number of amides is 1. The smallest absolute Gasteiger partial charge is 0.276 e. The highest BCUT2D eigenvalue weighted by atomic mass is 16.7. The van der Waals surface area contributed by atoms with Crippen molar-refractivity contribution in [2.45, 2.75) is 13.2 Å². The average Bonchev–Trinajstić information content (AvgIpc) is 3.37. The quantitative estimate of drug-likeness (QED) is 0.729. The molecule has 0 radical (unpaired) electrons. The van der Waals surface area contributed by atoms with Gasteiger partial charge < -0.3 is 9.47 Å². The third-order valence-electron chi connectivity index (χ3n) is 4.42. The molecule has 0 aliphatic carbocycles. The number of nitrogens with zero attached hydrogens (tertiary/aromatic N) is 6. The van der Waals surface area contributed by atoms with Gasteiger partial charge in [0.05, 0.1) is 18.1 Å². The molecule has 0 saturated carbocycles. The van der Waals surface area contributed by atoms with Crippen LogP contribution in [0.5, 0.6) is 0 Å². The van der Waals surface area contributed by atoms with E-state index in [0.717, 1.165) is 11.3 Å². The van der Waals surface area contributed by atoms with Crippen LogP contribution in [0.25, 0.3) is 0 Å². The Bertz CT molecular complexity index is 1000. The molecule has 0 saturated heterocycles. The fraction of sp³-hybridized carbons (Fsp3) is 0.211. The summed E-state index contributed by atoms with van der Waals surface area (Å²) in [5, 5.41) is 0. The van der Waals surface area contributed by atoms with E-state index in [4.69, 9.17) is 4.84 Å². The lowest BCUT2D eigenvalue weighted by molar-refractivity contribution is 0.0373. The zero-order chi connectivity index (χ0) is 19.5. The highest BCUT2D eigenvalue weighted by molar-refractivity contribution is 6.06. The van der Waals surface area contributed by atoms with E-state index in [0.29, 0.717) is 23.9 Å². The first-order valence-electron chi connectivity index (χ1n) is 8.82. The maximum absolute atomic E-state index is 13.0. The van der Waals surface area contributed by atoms with Gasteiger partial charge in [-0.3, -0.25) is 14.8 Å². The number of pyridine rings is 2. The molecule has 0 fully saturated rings. The number of amidine groups is 1. The maximum Gasteiger partial charge on any atom is 0.276 e. The molecule has 4 rings (SSSR count). The molecule has 142 valence electrons. The SMILES string of the molecule is CCN(C(=O)c1cnc(C2=NC(c3cccnc3)ON2)n1C)c1cccnc1. The molecule has 1 aliphatic rings. The summed E-state index contributed by atoms with van der Waals surface area (Å²) in [5.41, 5.74) is 4.79. The van der Waals surface area contributed by atoms with Crippen molar-refractivity contribution in [1.82, 2.24) is 25.0 Å². The number of rotatable bonds is 5. The minimum atomic E-state index is -0.512. The number of aromatic nitrogens is 4. The number of hydrogen-bond donors (Lipinski definition) is 1. The van der Waals surface area contributed by atoms with Crippen LogP contribution in [0, 0.1) is 0 Å². The topological polar surface area (TPSA) is 97.5 Å². The Labute approximate surface area is 161 Å². The first kappa shape index (κ1) is 17.8. The molecule has 9 heteroatoms. The first-order valence-corrected chi connectivity index (χ1v) is 8.82. The summed E-state index contributed by atoms with van der Waals surface area (Å²) < 4.78 is 1.70. The summed E-state index contributed by atoms with van der Waals surface area (Å²) in [7, 11) is 1.77. The van der Waals surface area contributed by atoms with Gasteiger partial charge in [-0.05, 0) is 25.1 Å². The summed E-state index contributed by atoms with van der Waals surface area (Å²) in [6.07, 6.45) is 7.74. The molecule has 28 heavy (non-hydrogen) atoms. The predicted octanol–water partition coefficient (Wildman–Crippen LogP) is 1.86. The van der Waals surface area contributed by atoms with Crippen molar-refractivity contribution in [2.75, 3.05) is 11.4 Å². The average molecular weight is 377 g/mol. The molecule has 1 amide bonds. The van der Waals surface area contributed by atoms with E-state index in [2.05, 4.69) is 25.4 Å². The fourth-order valence-corrected chi connectivity index (χ4v) is 2.97. The summed E-state index contributed by atoms with van der Waals surface area (Å²) >= 11 is 0. The van der Waals surface area contributed by atoms with E-state index in [1.54, 1.807) is 47.4 Å². The second-order valence-electron chi connectivity index (χ2n) is 6.12. The van der Waals surface area contributed by atoms with Crippen molar-refractivity contribution in [3.8, 4) is 0 Å². The lowest BCUT2D eigenvalue weighted by Crippen LogP contribution is -2.32. The van der Waals surface area contributed by atoms with Crippen LogP contribution in [0.4, 0.5) is 5.69 Å². The van der Waals surface area contributed by atoms with Crippen LogP contribution < -0.4 is 10.4 Å². The number of hydroxylamine groups is 1. The minimum absolute atomic E-state index is 0.167. The van der Waals surface area contributed by atoms with Crippen LogP contribution in [-0.2, 0) is 11.9 Å². The number of carbonyl (C=O) groups is 1. The highest BCUT2D eigenvalue weighted by Crippen LogP contribution is 2.22. The number of carbonyl (C=O) groups excluding carboxylic acids is 1. The Morgan fingerprint density at radius 2 is 2.00 bits per heavy atom. The van der Waals surface area contributed by atoms with Gasteiger partial charge >= 0.3 is 0 Å². The molecular weight excluding hydrogens is 358 g/mol. The zero-order valence-corrected chi connectivity index (χ0v) is 15.5. The van der Waals surface area contributed by atoms with Gasteiger partial charge in [0.2, 0.25) is 6.23 Å². The molecule has 9 nitrogen and oxygen atoms in total. The summed E-state index contributed by atoms with van der Waals surface area (Å²) in [6.45, 7) is 2.42. The van der Waals surface area contributed by atoms with Crippen LogP contribution in [-0.4, -0.2) is 37.8 Å². The van der Waals surface area contributed by atoms with Gasteiger partial charge in [-0.1, -0.05) is 6.07 Å². The molecule has 0 spiro atoms. The lowest BCUT2D eigenvalue weighted by atomic mass is 10.2. The second kappa shape index (κ2) is 7.57. The Kier molecular flexibility index (Phi) is 4.81. The van der Waals surface area contributed by atoms with Crippen LogP contribution in [0.15, 0.2) is 60.2 Å². The van der Waals surface area contributed by atoms with Gasteiger partial charge in [-0.2, -0.15) is 0 Å². The molecule has 1 N–H and O–H groups in total. The number of anilines is 1. The van der Waals surface area contributed by atoms with Gasteiger partial charge in [0, 0.05) is 37.7 Å². The molecule has 0 bridgehead atoms. The van der Waals surface area contributed by atoms with Gasteiger partial charge in [0.25, 0.3) is 5.91 Å². The number of nitrogens with one attached hydrogen (secondary N) is 1. The number of hydrogen-bond acceptors (Lipinski definition) is 7. The van der Waals surface area contributed by atoms with Crippen molar-refractivity contribution in [2.24, 2.45) is 12.0 Å². The molecular formula is C19H19N7O2. The largest absolute Gasteiger partial charge is 0.320 e. The molecule has 3 aromatic rings. The van der Waals surface area contributed by atoms with Crippen LogP contribution >= 0.6 is 0 Å². The maximum atomic E-state index is 13.0. The van der Waals surface area contributed by atoms with Crippen molar-refractivity contribution in [1.29, 1.82) is 0 Å². The second-order valence-corrected chi connectivity index (χ2v) is 6.12. The molecule has 4 heterocycles. The van der Waals surface area contributed by atoms with Gasteiger partial charge in [-0.15, -0.1) is 0 Å². The molecule has 1 unspecified atom stereocenters. The predicted molar refractivity (Wildman–Crippen MR) is 103 cm³/mol. The van der Waals surface area contributed by atoms with E-state index >= 15 is 0 Å². The minimum Gasteiger partial charge on any atom is -0.320 e. The molecule has 1 aliphatic heterocycles. The highest BCUT2D eigenvalue weighted by Gasteiger charge is 2.27. The van der Waals surface area contributed by atoms with Gasteiger partial charge in [-0.25, -0.2) is 20.3 Å². The summed E-state index contributed by atoms with van der Waals surface area (Å²) in [6, 6.07) is 7.35. The molecule has 3 aromatic heterocycles. The Balaban J connectivity index is 1.60. The Hall–Kier alpha value is -3.59. The normalized spacial score (nSPS) is 15.8. The van der Waals surface area contributed by atoms with Gasteiger partial charge in [0.15, 0.2) is 11.7 Å². The van der Waals surface area contributed by atoms with Crippen molar-refractivity contribution >= 4 is 17.4 Å². The number of aliphatic imine (C=N–C) groups is 1. The zero-order valence-electron chi connectivity index (χ0n) is 15.5. The van der Waals surface area contributed by atoms with Crippen LogP contribution in [0.1, 0.15) is 35.0 Å². The summed E-state index contributed by atoms with van der Waals surface area (Å²) in [4.78, 5) is 37.3. The van der Waals surface area contributed by atoms with Crippen molar-refractivity contribution in [3.05, 3.63) is 72.3 Å². The number of imidazole rings is 1. The van der Waals surface area contributed by atoms with E-state index in [-0.39, 0.29) is 5.91 Å². The lowest BCUT2D eigenvalue weighted by Gasteiger charge is -2.20. The van der Waals surface area contributed by atoms with E-state index in [1.807, 2.05) is 25.1 Å². The van der Waals surface area contributed by atoms with Crippen LogP contribution in [0.2, 0.25) is 0 Å². The monoisotopic (exact) mass is 377 g/mol.